The van der Waals surface area contributed by atoms with Gasteiger partial charge in [0.15, 0.2) is 11.9 Å². The summed E-state index contributed by atoms with van der Waals surface area (Å²) in [5.74, 6) is 0. The van der Waals surface area contributed by atoms with Crippen molar-refractivity contribution in [1.29, 1.82) is 0 Å². The molecule has 8 nitrogen and oxygen atoms in total. The van der Waals surface area contributed by atoms with Gasteiger partial charge in [-0.2, -0.15) is 5.10 Å². The second-order valence-corrected chi connectivity index (χ2v) is 5.70. The largest absolute Gasteiger partial charge is 0.387 e. The van der Waals surface area contributed by atoms with Gasteiger partial charge < -0.3 is 20.7 Å². The number of hydrogen-bond donors (Lipinski definition) is 3. The highest BCUT2D eigenvalue weighted by Gasteiger charge is 2.44. The molecule has 108 valence electrons. The van der Waals surface area contributed by atoms with Gasteiger partial charge in [-0.05, 0) is 29.5 Å². The van der Waals surface area contributed by atoms with E-state index < -0.39 is 24.5 Å². The fourth-order valence-corrected chi connectivity index (χ4v) is 3.24. The number of aryl methyl sites for hydroxylation is 1. The first-order valence-electron chi connectivity index (χ1n) is 6.11. The minimum absolute atomic E-state index is 0.124. The van der Waals surface area contributed by atoms with Gasteiger partial charge in [-0.15, -0.1) is 0 Å². The first-order valence-corrected chi connectivity index (χ1v) is 7.19. The molecule has 0 amide bonds. The maximum absolute atomic E-state index is 10.1. The highest BCUT2D eigenvalue weighted by atomic mass is 127. The molecule has 20 heavy (non-hydrogen) atoms. The summed E-state index contributed by atoms with van der Waals surface area (Å²) in [7, 11) is 0. The zero-order chi connectivity index (χ0) is 14.4. The van der Waals surface area contributed by atoms with Crippen LogP contribution in [0.3, 0.4) is 0 Å². The van der Waals surface area contributed by atoms with Crippen LogP contribution in [0.4, 0.5) is 0 Å². The van der Waals surface area contributed by atoms with Crippen LogP contribution in [0.1, 0.15) is 11.9 Å². The second-order valence-electron chi connectivity index (χ2n) is 4.68. The molecule has 0 unspecified atom stereocenters. The first kappa shape index (κ1) is 14.1. The molecule has 1 fully saturated rings. The zero-order valence-corrected chi connectivity index (χ0v) is 12.8. The summed E-state index contributed by atoms with van der Waals surface area (Å²) in [6.45, 7) is 1.99. The number of aliphatic hydroxyl groups excluding tert-OH is 2. The monoisotopic (exact) mass is 391 g/mol. The van der Waals surface area contributed by atoms with Gasteiger partial charge in [-0.3, -0.25) is 0 Å². The van der Waals surface area contributed by atoms with Crippen LogP contribution in [0.5, 0.6) is 0 Å². The molecule has 2 aromatic heterocycles. The number of nitrogens with zero attached hydrogens (tertiary/aromatic N) is 4. The smallest absolute Gasteiger partial charge is 0.181 e. The van der Waals surface area contributed by atoms with Crippen molar-refractivity contribution in [2.45, 2.75) is 31.5 Å². The average molecular weight is 391 g/mol. The van der Waals surface area contributed by atoms with Crippen LogP contribution >= 0.6 is 22.6 Å². The zero-order valence-electron chi connectivity index (χ0n) is 10.6. The highest BCUT2D eigenvalue weighted by molar-refractivity contribution is 14.1. The van der Waals surface area contributed by atoms with Crippen LogP contribution in [0, 0.1) is 10.6 Å². The Kier molecular flexibility index (Phi) is 3.62. The van der Waals surface area contributed by atoms with E-state index in [9.17, 15) is 10.2 Å². The molecule has 1 aliphatic heterocycles. The third-order valence-corrected chi connectivity index (χ3v) is 4.20. The van der Waals surface area contributed by atoms with E-state index in [-0.39, 0.29) is 6.54 Å². The van der Waals surface area contributed by atoms with E-state index in [1.165, 1.54) is 11.0 Å². The summed E-state index contributed by atoms with van der Waals surface area (Å²) in [6.07, 6.45) is -2.12. The van der Waals surface area contributed by atoms with Crippen LogP contribution in [-0.2, 0) is 4.74 Å². The lowest BCUT2D eigenvalue weighted by Gasteiger charge is -2.15. The van der Waals surface area contributed by atoms with E-state index >= 15 is 0 Å². The van der Waals surface area contributed by atoms with Crippen LogP contribution < -0.4 is 5.73 Å². The maximum Gasteiger partial charge on any atom is 0.181 e. The Labute approximate surface area is 128 Å². The number of aromatic nitrogens is 4. The lowest BCUT2D eigenvalue weighted by molar-refractivity contribution is -0.0395. The molecule has 1 saturated heterocycles. The van der Waals surface area contributed by atoms with Gasteiger partial charge in [-0.25, -0.2) is 14.6 Å². The normalized spacial score (nSPS) is 30.2. The molecule has 0 radical (unpaired) electrons. The molecule has 0 saturated carbocycles. The lowest BCUT2D eigenvalue weighted by atomic mass is 10.1. The van der Waals surface area contributed by atoms with Gasteiger partial charge in [0.2, 0.25) is 0 Å². The predicted molar refractivity (Wildman–Crippen MR) is 77.8 cm³/mol. The van der Waals surface area contributed by atoms with Gasteiger partial charge in [-0.1, -0.05) is 0 Å². The van der Waals surface area contributed by atoms with Gasteiger partial charge in [0.1, 0.15) is 28.3 Å². The van der Waals surface area contributed by atoms with E-state index in [1.54, 1.807) is 0 Å². The molecule has 0 spiro atoms. The molecule has 9 heteroatoms. The van der Waals surface area contributed by atoms with E-state index in [4.69, 9.17) is 10.5 Å². The summed E-state index contributed by atoms with van der Waals surface area (Å²) in [5.41, 5.74) is 6.88. The third-order valence-electron chi connectivity index (χ3n) is 3.45. The molecular formula is C11H14IN5O3. The molecule has 0 bridgehead atoms. The van der Waals surface area contributed by atoms with Crippen LogP contribution in [0.15, 0.2) is 6.33 Å². The minimum atomic E-state index is -1.10. The standard InChI is InChI=1S/C11H14IN5O3/c1-4-6-9(12)16-17(10(6)15-3-14-4)11-8(19)7(18)5(2-13)20-11/h3,5,7-8,11,18-19H,2,13H2,1H3/t5-,7-,8-,11-/m1/s1. The number of nitrogens with two attached hydrogens (primary N) is 1. The van der Waals surface area contributed by atoms with Crippen molar-refractivity contribution in [2.75, 3.05) is 6.54 Å². The molecule has 0 aliphatic carbocycles. The number of fused-ring (bicyclic) bond motifs is 1. The SMILES string of the molecule is Cc1ncnc2c1c(I)nn2[C@@H]1O[C@H](CN)[C@@H](O)[C@H]1O. The topological polar surface area (TPSA) is 119 Å². The summed E-state index contributed by atoms with van der Waals surface area (Å²) >= 11 is 2.08. The number of halogens is 1. The number of rotatable bonds is 2. The molecule has 3 rings (SSSR count). The fraction of sp³-hybridized carbons (Fsp3) is 0.545. The quantitative estimate of drug-likeness (QED) is 0.581. The van der Waals surface area contributed by atoms with Crippen LogP contribution in [-0.4, -0.2) is 54.8 Å². The van der Waals surface area contributed by atoms with Gasteiger partial charge >= 0.3 is 0 Å². The Morgan fingerprint density at radius 2 is 2.15 bits per heavy atom. The molecule has 1 aliphatic rings. The molecular weight excluding hydrogens is 377 g/mol. The fourth-order valence-electron chi connectivity index (χ4n) is 2.37. The van der Waals surface area contributed by atoms with Crippen LogP contribution in [0.2, 0.25) is 0 Å². The van der Waals surface area contributed by atoms with E-state index in [0.717, 1.165) is 14.8 Å². The van der Waals surface area contributed by atoms with Crippen molar-refractivity contribution in [1.82, 2.24) is 19.7 Å². The Hall–Kier alpha value is -0.880. The van der Waals surface area contributed by atoms with Crippen molar-refractivity contribution < 1.29 is 14.9 Å². The van der Waals surface area contributed by atoms with E-state index in [1.807, 2.05) is 6.92 Å². The summed E-state index contributed by atoms with van der Waals surface area (Å²) in [5, 5.41) is 25.2. The van der Waals surface area contributed by atoms with Gasteiger partial charge in [0.25, 0.3) is 0 Å². The molecule has 4 atom stereocenters. The highest BCUT2D eigenvalue weighted by Crippen LogP contribution is 2.32. The van der Waals surface area contributed by atoms with Crippen molar-refractivity contribution in [3.8, 4) is 0 Å². The first-order chi connectivity index (χ1) is 9.54. The van der Waals surface area contributed by atoms with Crippen molar-refractivity contribution in [3.63, 3.8) is 0 Å². The predicted octanol–water partition coefficient (Wildman–Crippen LogP) is -0.683. The van der Waals surface area contributed by atoms with Crippen LogP contribution in [0.25, 0.3) is 11.0 Å². The molecule has 3 heterocycles. The molecule has 2 aromatic rings. The molecule has 4 N–H and O–H groups in total. The lowest BCUT2D eigenvalue weighted by Crippen LogP contribution is -2.35. The minimum Gasteiger partial charge on any atom is -0.387 e. The second kappa shape index (κ2) is 5.15. The van der Waals surface area contributed by atoms with E-state index in [0.29, 0.717) is 5.65 Å². The Bertz CT molecular complexity index is 648. The Morgan fingerprint density at radius 1 is 1.40 bits per heavy atom. The van der Waals surface area contributed by atoms with Crippen molar-refractivity contribution >= 4 is 33.6 Å². The summed E-state index contributed by atoms with van der Waals surface area (Å²) in [4.78, 5) is 8.33. The number of aliphatic hydroxyl groups is 2. The van der Waals surface area contributed by atoms with Gasteiger partial charge in [0.05, 0.1) is 11.1 Å². The number of ether oxygens (including phenoxy) is 1. The van der Waals surface area contributed by atoms with Gasteiger partial charge in [0, 0.05) is 6.54 Å². The molecule has 0 aromatic carbocycles. The number of hydrogen-bond acceptors (Lipinski definition) is 7. The third kappa shape index (κ3) is 2.00. The van der Waals surface area contributed by atoms with Crippen molar-refractivity contribution in [3.05, 3.63) is 15.7 Å². The Morgan fingerprint density at radius 3 is 2.80 bits per heavy atom. The van der Waals surface area contributed by atoms with Crippen molar-refractivity contribution in [2.24, 2.45) is 5.73 Å². The average Bonchev–Trinajstić information content (AvgIpc) is 2.90. The Balaban J connectivity index is 2.10. The van der Waals surface area contributed by atoms with E-state index in [2.05, 4.69) is 37.7 Å². The summed E-state index contributed by atoms with van der Waals surface area (Å²) < 4.78 is 7.80. The maximum atomic E-state index is 10.1. The summed E-state index contributed by atoms with van der Waals surface area (Å²) in [6, 6.07) is 0.